The lowest BCUT2D eigenvalue weighted by atomic mass is 10.2. The molecule has 0 aliphatic heterocycles. The molecule has 0 radical (unpaired) electrons. The lowest BCUT2D eigenvalue weighted by Crippen LogP contribution is -2.40. The second-order valence-electron chi connectivity index (χ2n) is 3.54. The molecule has 2 nitrogen and oxygen atoms in total. The molecule has 8 heteroatoms. The molecule has 1 aromatic rings. The van der Waals surface area contributed by atoms with Crippen LogP contribution in [0.15, 0.2) is 22.7 Å². The molecule has 1 aromatic carbocycles. The van der Waals surface area contributed by atoms with E-state index < -0.39 is 25.3 Å². The van der Waals surface area contributed by atoms with Gasteiger partial charge in [0.15, 0.2) is 0 Å². The number of alkyl halides is 5. The normalized spacial score (nSPS) is 12.8. The van der Waals surface area contributed by atoms with Gasteiger partial charge < -0.3 is 10.5 Å². The van der Waals surface area contributed by atoms with Crippen LogP contribution in [0.3, 0.4) is 0 Å². The van der Waals surface area contributed by atoms with E-state index in [1.165, 1.54) is 12.1 Å². The summed E-state index contributed by atoms with van der Waals surface area (Å²) in [6.45, 7) is -2.14. The molecule has 0 saturated heterocycles. The Morgan fingerprint density at radius 3 is 2.28 bits per heavy atom. The monoisotopic (exact) mass is 333 g/mol. The van der Waals surface area contributed by atoms with Gasteiger partial charge in [-0.1, -0.05) is 22.0 Å². The summed E-state index contributed by atoms with van der Waals surface area (Å²) < 4.78 is 65.5. The number of rotatable bonds is 4. The van der Waals surface area contributed by atoms with E-state index in [2.05, 4.69) is 20.7 Å². The minimum Gasteiger partial charge on any atom is -0.398 e. The fraction of sp³-hybridized carbons (Fsp3) is 0.400. The number of nitrogens with two attached hydrogens (primary N) is 1. The van der Waals surface area contributed by atoms with Gasteiger partial charge in [-0.05, 0) is 12.1 Å². The zero-order chi connectivity index (χ0) is 14.0. The molecule has 0 aliphatic rings. The van der Waals surface area contributed by atoms with Crippen LogP contribution in [0.5, 0.6) is 0 Å². The summed E-state index contributed by atoms with van der Waals surface area (Å²) in [5, 5.41) is 0. The number of halogens is 6. The SMILES string of the molecule is Nc1cc(Br)ccc1COCC(F)(F)C(F)(F)F. The van der Waals surface area contributed by atoms with E-state index >= 15 is 0 Å². The summed E-state index contributed by atoms with van der Waals surface area (Å²) >= 11 is 3.13. The van der Waals surface area contributed by atoms with Gasteiger partial charge >= 0.3 is 12.1 Å². The van der Waals surface area contributed by atoms with Crippen LogP contribution in [0.1, 0.15) is 5.56 Å². The topological polar surface area (TPSA) is 35.2 Å². The average Bonchev–Trinajstić information content (AvgIpc) is 2.19. The van der Waals surface area contributed by atoms with Crippen molar-refractivity contribution < 1.29 is 26.7 Å². The van der Waals surface area contributed by atoms with Gasteiger partial charge in [0.25, 0.3) is 0 Å². The summed E-state index contributed by atoms with van der Waals surface area (Å²) in [6, 6.07) is 4.56. The van der Waals surface area contributed by atoms with Gasteiger partial charge in [0.2, 0.25) is 0 Å². The number of hydrogen-bond acceptors (Lipinski definition) is 2. The van der Waals surface area contributed by atoms with Crippen molar-refractivity contribution in [2.24, 2.45) is 0 Å². The van der Waals surface area contributed by atoms with E-state index in [1.54, 1.807) is 6.07 Å². The Kier molecular flexibility index (Phi) is 4.55. The lowest BCUT2D eigenvalue weighted by molar-refractivity contribution is -0.297. The second-order valence-corrected chi connectivity index (χ2v) is 4.45. The van der Waals surface area contributed by atoms with Crippen molar-refractivity contribution in [3.63, 3.8) is 0 Å². The first kappa shape index (κ1) is 15.2. The minimum absolute atomic E-state index is 0.250. The highest BCUT2D eigenvalue weighted by Gasteiger charge is 2.57. The van der Waals surface area contributed by atoms with Crippen LogP contribution in [0.4, 0.5) is 27.6 Å². The molecule has 18 heavy (non-hydrogen) atoms. The highest BCUT2D eigenvalue weighted by Crippen LogP contribution is 2.35. The van der Waals surface area contributed by atoms with Crippen molar-refractivity contribution in [3.8, 4) is 0 Å². The molecule has 0 saturated carbocycles. The van der Waals surface area contributed by atoms with Crippen LogP contribution in [-0.2, 0) is 11.3 Å². The second kappa shape index (κ2) is 5.40. The van der Waals surface area contributed by atoms with E-state index in [9.17, 15) is 22.0 Å². The van der Waals surface area contributed by atoms with E-state index in [-0.39, 0.29) is 5.69 Å². The molecule has 0 aliphatic carbocycles. The largest absolute Gasteiger partial charge is 0.455 e. The van der Waals surface area contributed by atoms with Crippen molar-refractivity contribution in [3.05, 3.63) is 28.2 Å². The van der Waals surface area contributed by atoms with Crippen LogP contribution >= 0.6 is 15.9 Å². The van der Waals surface area contributed by atoms with Gasteiger partial charge in [-0.25, -0.2) is 0 Å². The molecule has 0 spiro atoms. The fourth-order valence-corrected chi connectivity index (χ4v) is 1.45. The summed E-state index contributed by atoms with van der Waals surface area (Å²) in [7, 11) is 0. The minimum atomic E-state index is -5.61. The van der Waals surface area contributed by atoms with Gasteiger partial charge in [0.1, 0.15) is 6.61 Å². The summed E-state index contributed by atoms with van der Waals surface area (Å²) in [4.78, 5) is 0. The fourth-order valence-electron chi connectivity index (χ4n) is 1.07. The molecule has 0 fully saturated rings. The molecule has 0 bridgehead atoms. The third-order valence-electron chi connectivity index (χ3n) is 2.06. The molecule has 2 N–H and O–H groups in total. The van der Waals surface area contributed by atoms with E-state index in [0.717, 1.165) is 0 Å². The van der Waals surface area contributed by atoms with Crippen molar-refractivity contribution >= 4 is 21.6 Å². The zero-order valence-corrected chi connectivity index (χ0v) is 10.5. The Labute approximate surface area is 108 Å². The van der Waals surface area contributed by atoms with Crippen LogP contribution in [0.25, 0.3) is 0 Å². The molecule has 0 atom stereocenters. The maximum Gasteiger partial charge on any atom is 0.455 e. The number of benzene rings is 1. The standard InChI is InChI=1S/C10H9BrF5NO/c11-7-2-1-6(8(17)3-7)4-18-5-9(12,13)10(14,15)16/h1-3H,4-5,17H2. The summed E-state index contributed by atoms with van der Waals surface area (Å²) in [5.74, 6) is -4.86. The Bertz CT molecular complexity index is 421. The van der Waals surface area contributed by atoms with E-state index in [4.69, 9.17) is 5.73 Å². The van der Waals surface area contributed by atoms with Crippen molar-refractivity contribution in [1.29, 1.82) is 0 Å². The van der Waals surface area contributed by atoms with Crippen LogP contribution < -0.4 is 5.73 Å². The van der Waals surface area contributed by atoms with Gasteiger partial charge in [-0.2, -0.15) is 22.0 Å². The quantitative estimate of drug-likeness (QED) is 0.672. The Morgan fingerprint density at radius 1 is 1.17 bits per heavy atom. The number of ether oxygens (including phenoxy) is 1. The molecule has 0 heterocycles. The number of anilines is 1. The van der Waals surface area contributed by atoms with Crippen LogP contribution in [0.2, 0.25) is 0 Å². The Hall–Kier alpha value is -0.890. The first-order valence-electron chi connectivity index (χ1n) is 4.70. The van der Waals surface area contributed by atoms with Crippen molar-refractivity contribution in [1.82, 2.24) is 0 Å². The number of nitrogen functional groups attached to an aromatic ring is 1. The predicted octanol–water partition coefficient (Wildman–Crippen LogP) is 3.75. The molecule has 1 rings (SSSR count). The zero-order valence-electron chi connectivity index (χ0n) is 8.90. The predicted molar refractivity (Wildman–Crippen MR) is 59.2 cm³/mol. The maximum atomic E-state index is 12.5. The summed E-state index contributed by atoms with van der Waals surface area (Å²) in [6.07, 6.45) is -5.61. The number of hydrogen-bond donors (Lipinski definition) is 1. The first-order valence-corrected chi connectivity index (χ1v) is 5.49. The third kappa shape index (κ3) is 3.81. The highest BCUT2D eigenvalue weighted by molar-refractivity contribution is 9.10. The van der Waals surface area contributed by atoms with Crippen LogP contribution in [0, 0.1) is 0 Å². The van der Waals surface area contributed by atoms with Crippen LogP contribution in [-0.4, -0.2) is 18.7 Å². The van der Waals surface area contributed by atoms with Gasteiger partial charge in [0, 0.05) is 15.7 Å². The molecule has 0 unspecified atom stereocenters. The average molecular weight is 334 g/mol. The van der Waals surface area contributed by atoms with Crippen molar-refractivity contribution in [2.45, 2.75) is 18.7 Å². The van der Waals surface area contributed by atoms with Gasteiger partial charge in [-0.15, -0.1) is 0 Å². The Morgan fingerprint density at radius 2 is 1.78 bits per heavy atom. The van der Waals surface area contributed by atoms with E-state index in [0.29, 0.717) is 10.0 Å². The summed E-state index contributed by atoms with van der Waals surface area (Å²) in [5.41, 5.74) is 6.13. The maximum absolute atomic E-state index is 12.5. The Balaban J connectivity index is 2.57. The molecular weight excluding hydrogens is 325 g/mol. The van der Waals surface area contributed by atoms with E-state index in [1.807, 2.05) is 0 Å². The molecular formula is C10H9BrF5NO. The smallest absolute Gasteiger partial charge is 0.398 e. The third-order valence-corrected chi connectivity index (χ3v) is 2.56. The van der Waals surface area contributed by atoms with Gasteiger partial charge in [0.05, 0.1) is 6.61 Å². The molecule has 0 aromatic heterocycles. The lowest BCUT2D eigenvalue weighted by Gasteiger charge is -2.19. The van der Waals surface area contributed by atoms with Gasteiger partial charge in [-0.3, -0.25) is 0 Å². The van der Waals surface area contributed by atoms with Crippen molar-refractivity contribution in [2.75, 3.05) is 12.3 Å². The highest BCUT2D eigenvalue weighted by atomic mass is 79.9. The molecule has 102 valence electrons. The first-order chi connectivity index (χ1) is 8.13. The molecule has 0 amide bonds.